The molecule has 6 nitrogen and oxygen atoms in total. The molecule has 0 atom stereocenters. The van der Waals surface area contributed by atoms with Crippen LogP contribution in [0.5, 0.6) is 0 Å². The smallest absolute Gasteiger partial charge is 0.265 e. The molecule has 0 saturated carbocycles. The Hall–Kier alpha value is -2.67. The molecule has 2 rings (SSSR count). The van der Waals surface area contributed by atoms with Crippen molar-refractivity contribution in [3.8, 4) is 0 Å². The van der Waals surface area contributed by atoms with Gasteiger partial charge in [0, 0.05) is 10.5 Å². The zero-order valence-corrected chi connectivity index (χ0v) is 16.1. The molecule has 0 radical (unpaired) electrons. The Kier molecular flexibility index (Phi) is 7.35. The summed E-state index contributed by atoms with van der Waals surface area (Å²) in [5.41, 5.74) is 1.67. The zero-order valence-electron chi connectivity index (χ0n) is 14.5. The van der Waals surface area contributed by atoms with Crippen molar-refractivity contribution in [3.63, 3.8) is 0 Å². The minimum Gasteiger partial charge on any atom is -0.386 e. The highest BCUT2D eigenvalue weighted by atomic mass is 79.9. The normalized spacial score (nSPS) is 10.8. The molecule has 7 heteroatoms. The fourth-order valence-corrected chi connectivity index (χ4v) is 2.32. The Bertz CT molecular complexity index is 789. The Morgan fingerprint density at radius 2 is 1.85 bits per heavy atom. The lowest BCUT2D eigenvalue weighted by molar-refractivity contribution is -0.120. The van der Waals surface area contributed by atoms with E-state index in [4.69, 9.17) is 4.84 Å². The van der Waals surface area contributed by atoms with Gasteiger partial charge in [-0.15, -0.1) is 0 Å². The van der Waals surface area contributed by atoms with E-state index in [0.717, 1.165) is 10.0 Å². The summed E-state index contributed by atoms with van der Waals surface area (Å²) in [6.45, 7) is 3.49. The maximum absolute atomic E-state index is 12.2. The van der Waals surface area contributed by atoms with E-state index < -0.39 is 5.91 Å². The monoisotopic (exact) mass is 417 g/mol. The lowest BCUT2D eigenvalue weighted by atomic mass is 10.1. The topological polar surface area (TPSA) is 79.8 Å². The summed E-state index contributed by atoms with van der Waals surface area (Å²) in [7, 11) is 0. The molecular weight excluding hydrogens is 398 g/mol. The highest BCUT2D eigenvalue weighted by molar-refractivity contribution is 9.10. The fourth-order valence-electron chi connectivity index (χ4n) is 2.06. The standard InChI is InChI=1S/C19H20BrN3O3/c1-13(2)22-19(25)16-5-3-4-6-17(16)23-18(24)12-26-21-11-14-7-9-15(20)10-8-14/h3-11,13H,12H2,1-2H3,(H,22,25)(H,23,24). The molecule has 2 aromatic rings. The highest BCUT2D eigenvalue weighted by Gasteiger charge is 2.13. The molecule has 0 spiro atoms. The van der Waals surface area contributed by atoms with Crippen molar-refractivity contribution in [2.24, 2.45) is 5.16 Å². The van der Waals surface area contributed by atoms with Gasteiger partial charge in [0.25, 0.3) is 11.8 Å². The molecule has 2 N–H and O–H groups in total. The molecule has 0 aliphatic rings. The van der Waals surface area contributed by atoms with Crippen molar-refractivity contribution >= 4 is 39.6 Å². The summed E-state index contributed by atoms with van der Waals surface area (Å²) in [5, 5.41) is 9.23. The molecule has 0 aliphatic heterocycles. The Labute approximate surface area is 160 Å². The van der Waals surface area contributed by atoms with Crippen molar-refractivity contribution in [1.29, 1.82) is 0 Å². The first-order valence-corrected chi connectivity index (χ1v) is 8.85. The predicted octanol–water partition coefficient (Wildman–Crippen LogP) is 3.58. The van der Waals surface area contributed by atoms with Gasteiger partial charge in [-0.2, -0.15) is 0 Å². The van der Waals surface area contributed by atoms with Crippen LogP contribution in [0.1, 0.15) is 29.8 Å². The van der Waals surface area contributed by atoms with Crippen LogP contribution in [0.2, 0.25) is 0 Å². The molecule has 0 bridgehead atoms. The Morgan fingerprint density at radius 3 is 2.54 bits per heavy atom. The highest BCUT2D eigenvalue weighted by Crippen LogP contribution is 2.15. The second kappa shape index (κ2) is 9.72. The number of carbonyl (C=O) groups excluding carboxylic acids is 2. The summed E-state index contributed by atoms with van der Waals surface area (Å²) >= 11 is 3.35. The largest absolute Gasteiger partial charge is 0.386 e. The van der Waals surface area contributed by atoms with Crippen LogP contribution in [0.25, 0.3) is 0 Å². The van der Waals surface area contributed by atoms with E-state index in [1.165, 1.54) is 6.21 Å². The molecule has 0 heterocycles. The SMILES string of the molecule is CC(C)NC(=O)c1ccccc1NC(=O)CON=Cc1ccc(Br)cc1. The molecule has 0 aliphatic carbocycles. The fraction of sp³-hybridized carbons (Fsp3) is 0.211. The van der Waals surface area contributed by atoms with Gasteiger partial charge in [-0.3, -0.25) is 9.59 Å². The summed E-state index contributed by atoms with van der Waals surface area (Å²) in [5.74, 6) is -0.646. The second-order valence-electron chi connectivity index (χ2n) is 5.78. The van der Waals surface area contributed by atoms with Gasteiger partial charge in [0.1, 0.15) is 0 Å². The van der Waals surface area contributed by atoms with Gasteiger partial charge in [-0.1, -0.05) is 45.4 Å². The Balaban J connectivity index is 1.89. The summed E-state index contributed by atoms with van der Waals surface area (Å²) in [6.07, 6.45) is 1.52. The minimum absolute atomic E-state index is 0.00235. The van der Waals surface area contributed by atoms with Gasteiger partial charge in [-0.05, 0) is 43.7 Å². The van der Waals surface area contributed by atoms with Crippen LogP contribution in [0.15, 0.2) is 58.2 Å². The van der Waals surface area contributed by atoms with Gasteiger partial charge < -0.3 is 15.5 Å². The van der Waals surface area contributed by atoms with Crippen LogP contribution in [0, 0.1) is 0 Å². The van der Waals surface area contributed by atoms with Crippen LogP contribution in [0.3, 0.4) is 0 Å². The average Bonchev–Trinajstić information content (AvgIpc) is 2.60. The molecule has 2 aromatic carbocycles. The molecule has 2 amide bonds. The van der Waals surface area contributed by atoms with Gasteiger partial charge >= 0.3 is 0 Å². The van der Waals surface area contributed by atoms with Gasteiger partial charge in [-0.25, -0.2) is 0 Å². The summed E-state index contributed by atoms with van der Waals surface area (Å²) in [6, 6.07) is 14.3. The molecule has 26 heavy (non-hydrogen) atoms. The number of para-hydroxylation sites is 1. The van der Waals surface area contributed by atoms with Gasteiger partial charge in [0.15, 0.2) is 6.61 Å². The number of oxime groups is 1. The number of nitrogens with one attached hydrogen (secondary N) is 2. The first-order chi connectivity index (χ1) is 12.5. The van der Waals surface area contributed by atoms with Crippen LogP contribution in [-0.2, 0) is 9.63 Å². The van der Waals surface area contributed by atoms with E-state index >= 15 is 0 Å². The number of rotatable bonds is 7. The molecule has 0 fully saturated rings. The number of amides is 2. The first kappa shape index (κ1) is 19.7. The van der Waals surface area contributed by atoms with E-state index in [0.29, 0.717) is 11.3 Å². The third kappa shape index (κ3) is 6.33. The minimum atomic E-state index is -0.400. The Morgan fingerprint density at radius 1 is 1.15 bits per heavy atom. The molecule has 0 saturated heterocycles. The van der Waals surface area contributed by atoms with Crippen LogP contribution in [0.4, 0.5) is 5.69 Å². The number of hydrogen-bond acceptors (Lipinski definition) is 4. The van der Waals surface area contributed by atoms with E-state index in [1.54, 1.807) is 24.3 Å². The number of benzene rings is 2. The number of anilines is 1. The lowest BCUT2D eigenvalue weighted by Gasteiger charge is -2.12. The average molecular weight is 418 g/mol. The van der Waals surface area contributed by atoms with E-state index in [-0.39, 0.29) is 18.6 Å². The number of nitrogens with zero attached hydrogens (tertiary/aromatic N) is 1. The van der Waals surface area contributed by atoms with Crippen molar-refractivity contribution < 1.29 is 14.4 Å². The van der Waals surface area contributed by atoms with Crippen molar-refractivity contribution in [1.82, 2.24) is 5.32 Å². The third-order valence-corrected chi connectivity index (χ3v) is 3.74. The number of carbonyl (C=O) groups is 2. The molecule has 0 unspecified atom stereocenters. The zero-order chi connectivity index (χ0) is 18.9. The summed E-state index contributed by atoms with van der Waals surface area (Å²) < 4.78 is 0.968. The quantitative estimate of drug-likeness (QED) is 0.533. The number of halogens is 1. The van der Waals surface area contributed by atoms with Gasteiger partial charge in [0.05, 0.1) is 17.5 Å². The van der Waals surface area contributed by atoms with Crippen LogP contribution in [-0.4, -0.2) is 30.7 Å². The van der Waals surface area contributed by atoms with E-state index in [9.17, 15) is 9.59 Å². The first-order valence-electron chi connectivity index (χ1n) is 8.06. The molecular formula is C19H20BrN3O3. The maximum Gasteiger partial charge on any atom is 0.265 e. The van der Waals surface area contributed by atoms with Gasteiger partial charge in [0.2, 0.25) is 0 Å². The third-order valence-electron chi connectivity index (χ3n) is 3.21. The maximum atomic E-state index is 12.2. The van der Waals surface area contributed by atoms with Crippen molar-refractivity contribution in [2.45, 2.75) is 19.9 Å². The number of hydrogen-bond donors (Lipinski definition) is 2. The molecule has 136 valence electrons. The van der Waals surface area contributed by atoms with Crippen molar-refractivity contribution in [3.05, 3.63) is 64.1 Å². The summed E-state index contributed by atoms with van der Waals surface area (Å²) in [4.78, 5) is 29.2. The van der Waals surface area contributed by atoms with E-state index in [1.807, 2.05) is 38.1 Å². The predicted molar refractivity (Wildman–Crippen MR) is 105 cm³/mol. The van der Waals surface area contributed by atoms with Crippen LogP contribution < -0.4 is 10.6 Å². The van der Waals surface area contributed by atoms with Crippen molar-refractivity contribution in [2.75, 3.05) is 11.9 Å². The second-order valence-corrected chi connectivity index (χ2v) is 6.70. The van der Waals surface area contributed by atoms with Crippen LogP contribution >= 0.6 is 15.9 Å². The lowest BCUT2D eigenvalue weighted by Crippen LogP contribution is -2.31. The van der Waals surface area contributed by atoms with E-state index in [2.05, 4.69) is 31.7 Å². The molecule has 0 aromatic heterocycles.